The summed E-state index contributed by atoms with van der Waals surface area (Å²) in [5.41, 5.74) is 1.32. The molecule has 0 radical (unpaired) electrons. The number of benzene rings is 1. The zero-order chi connectivity index (χ0) is 17.7. The van der Waals surface area contributed by atoms with E-state index in [0.717, 1.165) is 0 Å². The molecule has 1 aromatic carbocycles. The summed E-state index contributed by atoms with van der Waals surface area (Å²) in [6.07, 6.45) is -1.05. The summed E-state index contributed by atoms with van der Waals surface area (Å²) in [5, 5.41) is 32.9. The van der Waals surface area contributed by atoms with Crippen LogP contribution in [0.1, 0.15) is 22.8 Å². The number of carbonyl (C=O) groups is 2. The smallest absolute Gasteiger partial charge is 0.253 e. The third-order valence-electron chi connectivity index (χ3n) is 2.80. The molecule has 0 saturated heterocycles. The highest BCUT2D eigenvalue weighted by molar-refractivity contribution is 14.1. The quantitative estimate of drug-likeness (QED) is 0.293. The third-order valence-corrected chi connectivity index (χ3v) is 6.26. The minimum Gasteiger partial charge on any atom is -0.394 e. The molecule has 1 atom stereocenters. The predicted molar refractivity (Wildman–Crippen MR) is 110 cm³/mol. The van der Waals surface area contributed by atoms with Gasteiger partial charge in [0, 0.05) is 26.2 Å². The molecule has 128 valence electrons. The Morgan fingerprint density at radius 3 is 2.22 bits per heavy atom. The predicted octanol–water partition coefficient (Wildman–Crippen LogP) is 1.03. The fourth-order valence-corrected chi connectivity index (χ4v) is 5.97. The molecule has 0 aliphatic rings. The Morgan fingerprint density at radius 1 is 1.13 bits per heavy atom. The highest BCUT2D eigenvalue weighted by Crippen LogP contribution is 2.35. The van der Waals surface area contributed by atoms with Crippen molar-refractivity contribution in [1.82, 2.24) is 5.32 Å². The molecule has 10 heteroatoms. The number of hydrogen-bond acceptors (Lipinski definition) is 5. The van der Waals surface area contributed by atoms with E-state index >= 15 is 0 Å². The van der Waals surface area contributed by atoms with Crippen LogP contribution in [0.2, 0.25) is 0 Å². The van der Waals surface area contributed by atoms with Gasteiger partial charge in [-0.3, -0.25) is 9.59 Å². The van der Waals surface area contributed by atoms with E-state index in [9.17, 15) is 19.8 Å². The average Bonchev–Trinajstić information content (AvgIpc) is 2.49. The number of amides is 2. The van der Waals surface area contributed by atoms with E-state index in [4.69, 9.17) is 5.11 Å². The third kappa shape index (κ3) is 5.35. The maximum Gasteiger partial charge on any atom is 0.253 e. The largest absolute Gasteiger partial charge is 0.394 e. The second-order valence-electron chi connectivity index (χ2n) is 4.56. The topological polar surface area (TPSA) is 119 Å². The molecule has 5 N–H and O–H groups in total. The van der Waals surface area contributed by atoms with E-state index < -0.39 is 18.6 Å². The van der Waals surface area contributed by atoms with Crippen molar-refractivity contribution in [2.24, 2.45) is 0 Å². The Morgan fingerprint density at radius 2 is 1.74 bits per heavy atom. The molecule has 7 nitrogen and oxygen atoms in total. The van der Waals surface area contributed by atoms with Crippen molar-refractivity contribution in [1.29, 1.82) is 0 Å². The summed E-state index contributed by atoms with van der Waals surface area (Å²) in [6, 6.07) is 0. The molecular weight excluding hydrogens is 645 g/mol. The Balaban J connectivity index is 3.35. The van der Waals surface area contributed by atoms with Gasteiger partial charge in [-0.25, -0.2) is 0 Å². The molecule has 0 spiro atoms. The Hall–Kier alpha value is 0.230. The van der Waals surface area contributed by atoms with E-state index in [0.29, 0.717) is 27.5 Å². The molecular formula is C13H15I3N2O5. The standard InChI is InChI=1S/C13H15I3N2O5/c1-5(21)18-12-10(15)7(4-20)9(14)8(11(12)16)13(23)17-2-6(22)3-19/h6,19-20,22H,2-4H2,1H3,(H,17,23)(H,18,21). The molecule has 0 aliphatic carbocycles. The SMILES string of the molecule is CC(=O)Nc1c(I)c(CO)c(I)c(C(=O)NCC(O)CO)c1I. The van der Waals surface area contributed by atoms with Gasteiger partial charge in [-0.1, -0.05) is 0 Å². The van der Waals surface area contributed by atoms with Gasteiger partial charge in [0.05, 0.1) is 34.1 Å². The number of aliphatic hydroxyl groups excluding tert-OH is 3. The zero-order valence-corrected chi connectivity index (χ0v) is 18.5. The lowest BCUT2D eigenvalue weighted by atomic mass is 10.1. The van der Waals surface area contributed by atoms with Crippen LogP contribution in [0.15, 0.2) is 0 Å². The van der Waals surface area contributed by atoms with E-state index in [-0.39, 0.29) is 19.1 Å². The minimum atomic E-state index is -1.05. The molecule has 0 bridgehead atoms. The fraction of sp³-hybridized carbons (Fsp3) is 0.385. The van der Waals surface area contributed by atoms with E-state index in [2.05, 4.69) is 10.6 Å². The maximum absolute atomic E-state index is 12.4. The first kappa shape index (κ1) is 21.3. The summed E-state index contributed by atoms with van der Waals surface area (Å²) in [7, 11) is 0. The van der Waals surface area contributed by atoms with E-state index in [1.54, 1.807) is 0 Å². The van der Waals surface area contributed by atoms with Crippen LogP contribution in [0, 0.1) is 10.7 Å². The first-order chi connectivity index (χ1) is 10.7. The van der Waals surface area contributed by atoms with Crippen molar-refractivity contribution < 1.29 is 24.9 Å². The average molecular weight is 660 g/mol. The van der Waals surface area contributed by atoms with Gasteiger partial charge in [-0.2, -0.15) is 0 Å². The monoisotopic (exact) mass is 660 g/mol. The molecule has 23 heavy (non-hydrogen) atoms. The number of anilines is 1. The normalized spacial score (nSPS) is 12.0. The van der Waals surface area contributed by atoms with Crippen molar-refractivity contribution in [2.75, 3.05) is 18.5 Å². The second-order valence-corrected chi connectivity index (χ2v) is 7.79. The van der Waals surface area contributed by atoms with Crippen LogP contribution in [0.25, 0.3) is 0 Å². The van der Waals surface area contributed by atoms with Crippen molar-refractivity contribution >= 4 is 85.3 Å². The van der Waals surface area contributed by atoms with Crippen LogP contribution in [0.3, 0.4) is 0 Å². The van der Waals surface area contributed by atoms with Gasteiger partial charge in [0.2, 0.25) is 5.91 Å². The van der Waals surface area contributed by atoms with Gasteiger partial charge in [0.25, 0.3) is 5.91 Å². The Kier molecular flexibility index (Phi) is 8.92. The lowest BCUT2D eigenvalue weighted by Crippen LogP contribution is -2.35. The lowest BCUT2D eigenvalue weighted by molar-refractivity contribution is -0.114. The van der Waals surface area contributed by atoms with Crippen LogP contribution >= 0.6 is 67.8 Å². The van der Waals surface area contributed by atoms with Gasteiger partial charge in [-0.15, -0.1) is 0 Å². The van der Waals surface area contributed by atoms with Crippen molar-refractivity contribution in [3.63, 3.8) is 0 Å². The minimum absolute atomic E-state index is 0.0998. The van der Waals surface area contributed by atoms with Crippen molar-refractivity contribution in [2.45, 2.75) is 19.6 Å². The Bertz CT molecular complexity index is 624. The molecule has 1 aromatic rings. The number of aliphatic hydroxyl groups is 3. The molecule has 0 saturated carbocycles. The molecule has 0 aliphatic heterocycles. The van der Waals surface area contributed by atoms with Crippen molar-refractivity contribution in [3.8, 4) is 0 Å². The van der Waals surface area contributed by atoms with Gasteiger partial charge < -0.3 is 26.0 Å². The highest BCUT2D eigenvalue weighted by atomic mass is 127. The molecule has 0 heterocycles. The molecule has 0 aromatic heterocycles. The fourth-order valence-electron chi connectivity index (χ4n) is 1.70. The number of hydrogen-bond donors (Lipinski definition) is 5. The van der Waals surface area contributed by atoms with Crippen LogP contribution in [0.4, 0.5) is 5.69 Å². The van der Waals surface area contributed by atoms with Crippen LogP contribution in [0.5, 0.6) is 0 Å². The van der Waals surface area contributed by atoms with E-state index in [1.807, 2.05) is 67.8 Å². The van der Waals surface area contributed by atoms with Crippen LogP contribution < -0.4 is 10.6 Å². The Labute approximate surface area is 174 Å². The lowest BCUT2D eigenvalue weighted by Gasteiger charge is -2.19. The van der Waals surface area contributed by atoms with Crippen LogP contribution in [-0.2, 0) is 11.4 Å². The number of carbonyl (C=O) groups excluding carboxylic acids is 2. The summed E-state index contributed by atoms with van der Waals surface area (Å²) < 4.78 is 1.78. The van der Waals surface area contributed by atoms with Gasteiger partial charge in [-0.05, 0) is 67.8 Å². The highest BCUT2D eigenvalue weighted by Gasteiger charge is 2.24. The second kappa shape index (κ2) is 9.65. The van der Waals surface area contributed by atoms with E-state index in [1.165, 1.54) is 6.92 Å². The van der Waals surface area contributed by atoms with Crippen molar-refractivity contribution in [3.05, 3.63) is 21.8 Å². The summed E-state index contributed by atoms with van der Waals surface area (Å²) in [5.74, 6) is -0.739. The number of rotatable bonds is 6. The number of halogens is 3. The maximum atomic E-state index is 12.4. The number of nitrogens with one attached hydrogen (secondary N) is 2. The van der Waals surface area contributed by atoms with Gasteiger partial charge in [0.1, 0.15) is 0 Å². The first-order valence-corrected chi connectivity index (χ1v) is 9.63. The molecule has 1 rings (SSSR count). The molecule has 2 amide bonds. The van der Waals surface area contributed by atoms with Gasteiger partial charge >= 0.3 is 0 Å². The van der Waals surface area contributed by atoms with Crippen LogP contribution in [-0.4, -0.2) is 46.4 Å². The molecule has 1 unspecified atom stereocenters. The zero-order valence-electron chi connectivity index (χ0n) is 12.0. The first-order valence-electron chi connectivity index (χ1n) is 6.39. The summed E-state index contributed by atoms with van der Waals surface area (Å²) >= 11 is 5.95. The van der Waals surface area contributed by atoms with Gasteiger partial charge in [0.15, 0.2) is 0 Å². The summed E-state index contributed by atoms with van der Waals surface area (Å²) in [6.45, 7) is 0.525. The molecule has 0 fully saturated rings. The summed E-state index contributed by atoms with van der Waals surface area (Å²) in [4.78, 5) is 23.8.